The van der Waals surface area contributed by atoms with Crippen molar-refractivity contribution in [2.45, 2.75) is 18.4 Å². The van der Waals surface area contributed by atoms with Crippen LogP contribution in [-0.2, 0) is 0 Å². The van der Waals surface area contributed by atoms with Crippen LogP contribution >= 0.6 is 0 Å². The van der Waals surface area contributed by atoms with E-state index in [0.29, 0.717) is 11.2 Å². The second-order valence-corrected chi connectivity index (χ2v) is 7.12. The van der Waals surface area contributed by atoms with Gasteiger partial charge in [-0.25, -0.2) is 22.1 Å². The summed E-state index contributed by atoms with van der Waals surface area (Å²) in [6.07, 6.45) is -1.45. The van der Waals surface area contributed by atoms with Crippen molar-refractivity contribution in [3.8, 4) is 16.9 Å². The number of benzene rings is 2. The largest absolute Gasteiger partial charge is 0.490 e. The van der Waals surface area contributed by atoms with E-state index >= 15 is 0 Å². The van der Waals surface area contributed by atoms with Crippen LogP contribution in [0.15, 0.2) is 60.8 Å². The first-order valence-electron chi connectivity index (χ1n) is 9.59. The van der Waals surface area contributed by atoms with Crippen molar-refractivity contribution >= 4 is 11.6 Å². The molecule has 166 valence electrons. The van der Waals surface area contributed by atoms with Gasteiger partial charge in [0, 0.05) is 18.2 Å². The maximum absolute atomic E-state index is 15.0. The number of aliphatic hydroxyl groups excluding tert-OH is 1. The van der Waals surface area contributed by atoms with Gasteiger partial charge in [-0.1, -0.05) is 24.3 Å². The van der Waals surface area contributed by atoms with E-state index in [0.717, 1.165) is 24.3 Å². The van der Waals surface area contributed by atoms with E-state index in [1.807, 2.05) is 0 Å². The molecule has 4 aromatic rings. The van der Waals surface area contributed by atoms with Gasteiger partial charge in [0.2, 0.25) is 5.95 Å². The molecule has 6 nitrogen and oxygen atoms in total. The Bertz CT molecular complexity index is 1240. The van der Waals surface area contributed by atoms with Crippen LogP contribution in [0.1, 0.15) is 18.1 Å². The molecular formula is C22H18F4N4O2. The van der Waals surface area contributed by atoms with E-state index in [-0.39, 0.29) is 22.8 Å². The molecule has 0 saturated heterocycles. The number of aromatic nitrogens is 3. The van der Waals surface area contributed by atoms with Gasteiger partial charge >= 0.3 is 0 Å². The highest BCUT2D eigenvalue weighted by Crippen LogP contribution is 2.35. The fourth-order valence-corrected chi connectivity index (χ4v) is 3.23. The van der Waals surface area contributed by atoms with Gasteiger partial charge in [0.15, 0.2) is 17.2 Å². The summed E-state index contributed by atoms with van der Waals surface area (Å²) in [7, 11) is 0. The van der Waals surface area contributed by atoms with E-state index in [1.165, 1.54) is 22.7 Å². The molecule has 32 heavy (non-hydrogen) atoms. The summed E-state index contributed by atoms with van der Waals surface area (Å²) in [5.74, 6) is -5.04. The highest BCUT2D eigenvalue weighted by molar-refractivity contribution is 5.69. The molecule has 2 aromatic heterocycles. The monoisotopic (exact) mass is 446 g/mol. The summed E-state index contributed by atoms with van der Waals surface area (Å²) in [5, 5.41) is 13.9. The number of nitrogens with two attached hydrogens (primary N) is 1. The molecule has 0 aliphatic rings. The lowest BCUT2D eigenvalue weighted by Gasteiger charge is -2.23. The highest BCUT2D eigenvalue weighted by atomic mass is 19.3. The van der Waals surface area contributed by atoms with E-state index in [4.69, 9.17) is 10.5 Å². The third kappa shape index (κ3) is 4.35. The smallest absolute Gasteiger partial charge is 0.280 e. The Morgan fingerprint density at radius 1 is 1.09 bits per heavy atom. The molecular weight excluding hydrogens is 428 g/mol. The number of halogens is 4. The summed E-state index contributed by atoms with van der Waals surface area (Å²) in [6, 6.07) is 11.7. The van der Waals surface area contributed by atoms with Crippen LogP contribution in [-0.4, -0.2) is 32.2 Å². The van der Waals surface area contributed by atoms with Crippen LogP contribution in [0, 0.1) is 11.6 Å². The molecule has 0 saturated carbocycles. The Kier molecular flexibility index (Phi) is 5.70. The molecule has 0 aliphatic carbocycles. The Balaban J connectivity index is 1.47. The average molecular weight is 446 g/mol. The van der Waals surface area contributed by atoms with Crippen molar-refractivity contribution in [1.82, 2.24) is 14.6 Å². The number of nitrogen functional groups attached to an aromatic ring is 1. The van der Waals surface area contributed by atoms with E-state index in [1.54, 1.807) is 18.3 Å². The number of pyridine rings is 1. The number of aliphatic hydroxyl groups is 1. The van der Waals surface area contributed by atoms with Gasteiger partial charge in [0.25, 0.3) is 5.92 Å². The molecule has 2 heterocycles. The summed E-state index contributed by atoms with van der Waals surface area (Å²) >= 11 is 0. The molecule has 0 radical (unpaired) electrons. The van der Waals surface area contributed by atoms with Crippen LogP contribution < -0.4 is 10.5 Å². The van der Waals surface area contributed by atoms with Crippen molar-refractivity contribution in [2.75, 3.05) is 12.3 Å². The third-order valence-corrected chi connectivity index (χ3v) is 4.91. The van der Waals surface area contributed by atoms with Crippen LogP contribution in [0.25, 0.3) is 16.8 Å². The van der Waals surface area contributed by atoms with Gasteiger partial charge in [0.1, 0.15) is 11.9 Å². The second kappa shape index (κ2) is 8.46. The first-order valence-corrected chi connectivity index (χ1v) is 9.59. The minimum absolute atomic E-state index is 0.0726. The lowest BCUT2D eigenvalue weighted by Crippen LogP contribution is -2.28. The van der Waals surface area contributed by atoms with Crippen molar-refractivity contribution < 1.29 is 27.4 Å². The van der Waals surface area contributed by atoms with Gasteiger partial charge in [0.05, 0.1) is 6.61 Å². The normalized spacial score (nSPS) is 12.8. The number of nitrogens with zero attached hydrogens (tertiary/aromatic N) is 3. The molecule has 0 spiro atoms. The summed E-state index contributed by atoms with van der Waals surface area (Å²) in [4.78, 5) is 4.02. The summed E-state index contributed by atoms with van der Waals surface area (Å²) < 4.78 is 63.4. The fourth-order valence-electron chi connectivity index (χ4n) is 3.23. The Morgan fingerprint density at radius 2 is 1.84 bits per heavy atom. The topological polar surface area (TPSA) is 85.7 Å². The van der Waals surface area contributed by atoms with E-state index in [2.05, 4.69) is 10.1 Å². The van der Waals surface area contributed by atoms with Crippen LogP contribution in [0.3, 0.4) is 0 Å². The molecule has 1 unspecified atom stereocenters. The predicted molar refractivity (Wildman–Crippen MR) is 109 cm³/mol. The Labute approximate surface area is 179 Å². The number of hydrogen-bond acceptors (Lipinski definition) is 5. The number of fused-ring (bicyclic) bond motifs is 1. The number of anilines is 1. The van der Waals surface area contributed by atoms with Crippen molar-refractivity contribution in [3.05, 3.63) is 78.0 Å². The molecule has 1 atom stereocenters. The minimum Gasteiger partial charge on any atom is -0.490 e. The molecule has 3 N–H and O–H groups in total. The van der Waals surface area contributed by atoms with Crippen LogP contribution in [0.2, 0.25) is 0 Å². The SMILES string of the molecule is Nc1nc2cc(-c3cccc(OCCC(F)(F)C(O)c4ccc(F)cc4)c3F)ccn2n1. The van der Waals surface area contributed by atoms with Gasteiger partial charge in [-0.2, -0.15) is 4.98 Å². The first-order chi connectivity index (χ1) is 15.2. The number of alkyl halides is 2. The van der Waals surface area contributed by atoms with Gasteiger partial charge < -0.3 is 15.6 Å². The number of hydrogen-bond donors (Lipinski definition) is 2. The maximum atomic E-state index is 15.0. The average Bonchev–Trinajstić information content (AvgIpc) is 3.14. The zero-order valence-electron chi connectivity index (χ0n) is 16.6. The van der Waals surface area contributed by atoms with Crippen LogP contribution in [0.5, 0.6) is 5.75 Å². The lowest BCUT2D eigenvalue weighted by atomic mass is 10.0. The minimum atomic E-state index is -3.56. The highest BCUT2D eigenvalue weighted by Gasteiger charge is 2.39. The quantitative estimate of drug-likeness (QED) is 0.411. The van der Waals surface area contributed by atoms with Crippen LogP contribution in [0.4, 0.5) is 23.5 Å². The van der Waals surface area contributed by atoms with Crippen molar-refractivity contribution in [1.29, 1.82) is 0 Å². The van der Waals surface area contributed by atoms with Crippen molar-refractivity contribution in [2.24, 2.45) is 0 Å². The second-order valence-electron chi connectivity index (χ2n) is 7.12. The van der Waals surface area contributed by atoms with Crippen molar-refractivity contribution in [3.63, 3.8) is 0 Å². The van der Waals surface area contributed by atoms with Gasteiger partial charge in [-0.3, -0.25) is 0 Å². The molecule has 2 aromatic carbocycles. The maximum Gasteiger partial charge on any atom is 0.280 e. The number of rotatable bonds is 7. The standard InChI is InChI=1S/C22H18F4N4O2/c23-15-6-4-13(5-7-15)20(31)22(25,26)9-11-32-17-3-1-2-16(19(17)24)14-8-10-30-18(12-14)28-21(27)29-30/h1-8,10,12,20,31H,9,11H2,(H2,27,29). The van der Waals surface area contributed by atoms with E-state index < -0.39 is 36.7 Å². The Morgan fingerprint density at radius 3 is 2.59 bits per heavy atom. The first kappa shape index (κ1) is 21.6. The zero-order valence-corrected chi connectivity index (χ0v) is 16.6. The molecule has 10 heteroatoms. The third-order valence-electron chi connectivity index (χ3n) is 4.91. The molecule has 0 fully saturated rings. The van der Waals surface area contributed by atoms with Gasteiger partial charge in [-0.05, 0) is 41.5 Å². The molecule has 0 aliphatic heterocycles. The summed E-state index contributed by atoms with van der Waals surface area (Å²) in [6.45, 7) is -0.550. The summed E-state index contributed by atoms with van der Waals surface area (Å²) in [5.41, 5.74) is 6.50. The lowest BCUT2D eigenvalue weighted by molar-refractivity contribution is -0.120. The molecule has 0 bridgehead atoms. The Hall–Kier alpha value is -3.66. The number of ether oxygens (including phenoxy) is 1. The fraction of sp³-hybridized carbons (Fsp3) is 0.182. The predicted octanol–water partition coefficient (Wildman–Crippen LogP) is 4.39. The molecule has 4 rings (SSSR count). The van der Waals surface area contributed by atoms with Gasteiger partial charge in [-0.15, -0.1) is 5.10 Å². The zero-order chi connectivity index (χ0) is 22.9. The molecule has 0 amide bonds. The van der Waals surface area contributed by atoms with E-state index in [9.17, 15) is 22.7 Å².